The second-order valence-electron chi connectivity index (χ2n) is 5.30. The monoisotopic (exact) mass is 311 g/mol. The summed E-state index contributed by atoms with van der Waals surface area (Å²) in [7, 11) is 4.21. The van der Waals surface area contributed by atoms with Crippen molar-refractivity contribution in [1.29, 1.82) is 0 Å². The van der Waals surface area contributed by atoms with Crippen LogP contribution in [0.4, 0.5) is 0 Å². The third-order valence-electron chi connectivity index (χ3n) is 3.94. The molecule has 1 aliphatic heterocycles. The molecule has 0 saturated carbocycles. The van der Waals surface area contributed by atoms with Gasteiger partial charge >= 0.3 is 5.97 Å². The fraction of sp³-hybridized carbons (Fsp3) is 0.533. The molecule has 3 atom stereocenters. The smallest absolute Gasteiger partial charge is 0.337 e. The minimum atomic E-state index is -1.18. The number of nitrogens with two attached hydrogens (primary N) is 1. The molecule has 2 rings (SSSR count). The number of ether oxygens (including phenoxy) is 4. The van der Waals surface area contributed by atoms with Crippen LogP contribution in [0, 0.1) is 0 Å². The molecule has 0 aliphatic carbocycles. The molecule has 1 aromatic carbocycles. The van der Waals surface area contributed by atoms with E-state index < -0.39 is 30.0 Å². The number of methoxy groups -OCH3 is 3. The second kappa shape index (κ2) is 6.21. The van der Waals surface area contributed by atoms with E-state index in [1.54, 1.807) is 25.1 Å². The Labute approximate surface area is 128 Å². The van der Waals surface area contributed by atoms with Gasteiger partial charge in [0.05, 0.1) is 18.7 Å². The van der Waals surface area contributed by atoms with Crippen LogP contribution in [0.5, 0.6) is 5.75 Å². The van der Waals surface area contributed by atoms with Crippen LogP contribution >= 0.6 is 0 Å². The number of esters is 1. The highest BCUT2D eigenvalue weighted by Crippen LogP contribution is 2.41. The average molecular weight is 311 g/mol. The van der Waals surface area contributed by atoms with Gasteiger partial charge in [0.1, 0.15) is 11.9 Å². The number of aliphatic hydroxyl groups excluding tert-OH is 1. The van der Waals surface area contributed by atoms with Gasteiger partial charge in [-0.25, -0.2) is 4.79 Å². The summed E-state index contributed by atoms with van der Waals surface area (Å²) >= 11 is 0. The van der Waals surface area contributed by atoms with E-state index >= 15 is 0 Å². The molecule has 0 amide bonds. The zero-order valence-electron chi connectivity index (χ0n) is 13.0. The summed E-state index contributed by atoms with van der Waals surface area (Å²) in [6.45, 7) is 1.66. The third-order valence-corrected chi connectivity index (χ3v) is 3.94. The lowest BCUT2D eigenvalue weighted by Crippen LogP contribution is -2.61. The number of benzene rings is 1. The largest absolute Gasteiger partial charge is 0.479 e. The van der Waals surface area contributed by atoms with Crippen molar-refractivity contribution in [2.24, 2.45) is 5.73 Å². The van der Waals surface area contributed by atoms with Crippen molar-refractivity contribution in [2.45, 2.75) is 31.0 Å². The summed E-state index contributed by atoms with van der Waals surface area (Å²) in [5, 5.41) is 10.5. The lowest BCUT2D eigenvalue weighted by atomic mass is 9.84. The van der Waals surface area contributed by atoms with Crippen LogP contribution in [-0.2, 0) is 14.2 Å². The van der Waals surface area contributed by atoms with Gasteiger partial charge in [-0.05, 0) is 25.1 Å². The van der Waals surface area contributed by atoms with Gasteiger partial charge in [-0.1, -0.05) is 0 Å². The van der Waals surface area contributed by atoms with Crippen LogP contribution in [0.1, 0.15) is 28.9 Å². The van der Waals surface area contributed by atoms with Crippen molar-refractivity contribution >= 4 is 5.97 Å². The zero-order chi connectivity index (χ0) is 16.5. The standard InChI is InChI=1S/C15H21NO6/c1-15(14(20-3)21-4)12(17)11(16)9-7-8(13(18)19-2)5-6-10(9)22-15/h5-7,11-12,14,17H,16H2,1-4H3/t11-,12+,15+/m1/s1. The fourth-order valence-electron chi connectivity index (χ4n) is 2.72. The number of fused-ring (bicyclic) bond motifs is 1. The molecule has 1 heterocycles. The maximum atomic E-state index is 11.6. The predicted molar refractivity (Wildman–Crippen MR) is 77.6 cm³/mol. The molecule has 0 unspecified atom stereocenters. The maximum Gasteiger partial charge on any atom is 0.337 e. The third kappa shape index (κ3) is 2.56. The van der Waals surface area contributed by atoms with Crippen molar-refractivity contribution in [3.05, 3.63) is 29.3 Å². The van der Waals surface area contributed by atoms with Crippen molar-refractivity contribution in [3.63, 3.8) is 0 Å². The summed E-state index contributed by atoms with van der Waals surface area (Å²) in [4.78, 5) is 11.6. The molecule has 1 aliphatic rings. The van der Waals surface area contributed by atoms with E-state index in [1.807, 2.05) is 0 Å². The molecule has 22 heavy (non-hydrogen) atoms. The van der Waals surface area contributed by atoms with E-state index in [-0.39, 0.29) is 0 Å². The van der Waals surface area contributed by atoms with Gasteiger partial charge in [0.25, 0.3) is 0 Å². The fourth-order valence-corrected chi connectivity index (χ4v) is 2.72. The Morgan fingerprint density at radius 1 is 1.36 bits per heavy atom. The van der Waals surface area contributed by atoms with Crippen LogP contribution in [0.25, 0.3) is 0 Å². The molecule has 3 N–H and O–H groups in total. The number of rotatable bonds is 4. The van der Waals surface area contributed by atoms with Gasteiger partial charge in [0.15, 0.2) is 11.9 Å². The first-order valence-electron chi connectivity index (χ1n) is 6.79. The minimum Gasteiger partial charge on any atom is -0.479 e. The molecule has 0 spiro atoms. The van der Waals surface area contributed by atoms with Crippen molar-refractivity contribution in [1.82, 2.24) is 0 Å². The van der Waals surface area contributed by atoms with Gasteiger partial charge in [0, 0.05) is 19.8 Å². The Hall–Kier alpha value is -1.67. The van der Waals surface area contributed by atoms with E-state index in [0.717, 1.165) is 0 Å². The van der Waals surface area contributed by atoms with E-state index in [0.29, 0.717) is 16.9 Å². The summed E-state index contributed by atoms with van der Waals surface area (Å²) < 4.78 is 21.0. The molecule has 7 heteroatoms. The van der Waals surface area contributed by atoms with E-state index in [1.165, 1.54) is 21.3 Å². The van der Waals surface area contributed by atoms with Crippen LogP contribution in [0.2, 0.25) is 0 Å². The molecular formula is C15H21NO6. The Morgan fingerprint density at radius 3 is 2.55 bits per heavy atom. The highest BCUT2D eigenvalue weighted by Gasteiger charge is 2.51. The second-order valence-corrected chi connectivity index (χ2v) is 5.30. The molecule has 0 fully saturated rings. The van der Waals surface area contributed by atoms with E-state index in [2.05, 4.69) is 4.74 Å². The molecule has 0 bridgehead atoms. The Bertz CT molecular complexity index is 559. The molecule has 7 nitrogen and oxygen atoms in total. The van der Waals surface area contributed by atoms with Crippen LogP contribution in [0.15, 0.2) is 18.2 Å². The normalized spacial score (nSPS) is 27.2. The lowest BCUT2D eigenvalue weighted by Gasteiger charge is -2.45. The summed E-state index contributed by atoms with van der Waals surface area (Å²) in [5.41, 5.74) is 5.82. The average Bonchev–Trinajstić information content (AvgIpc) is 2.53. The van der Waals surface area contributed by atoms with Gasteiger partial charge in [-0.15, -0.1) is 0 Å². The SMILES string of the molecule is COC(=O)c1ccc2c(c1)[C@@H](N)[C@H](O)[C@@](C)(C(OC)OC)O2. The number of hydrogen-bond acceptors (Lipinski definition) is 7. The first-order valence-corrected chi connectivity index (χ1v) is 6.79. The predicted octanol–water partition coefficient (Wildman–Crippen LogP) is 0.604. The summed E-state index contributed by atoms with van der Waals surface area (Å²) in [6.07, 6.45) is -1.89. The first-order chi connectivity index (χ1) is 10.4. The topological polar surface area (TPSA) is 100 Å². The number of carbonyl (C=O) groups is 1. The molecule has 0 radical (unpaired) electrons. The van der Waals surface area contributed by atoms with Crippen molar-refractivity contribution < 1.29 is 28.8 Å². The van der Waals surface area contributed by atoms with Crippen LogP contribution in [0.3, 0.4) is 0 Å². The quantitative estimate of drug-likeness (QED) is 0.620. The van der Waals surface area contributed by atoms with Crippen molar-refractivity contribution in [2.75, 3.05) is 21.3 Å². The molecule has 122 valence electrons. The number of carbonyl (C=O) groups excluding carboxylic acids is 1. The molecule has 1 aromatic rings. The minimum absolute atomic E-state index is 0.339. The van der Waals surface area contributed by atoms with Crippen LogP contribution in [-0.4, -0.2) is 50.4 Å². The summed E-state index contributed by atoms with van der Waals surface area (Å²) in [5.74, 6) is -0.0171. The van der Waals surface area contributed by atoms with Gasteiger partial charge < -0.3 is 29.8 Å². The van der Waals surface area contributed by atoms with Gasteiger partial charge in [0.2, 0.25) is 0 Å². The molecule has 0 saturated heterocycles. The van der Waals surface area contributed by atoms with E-state index in [9.17, 15) is 9.90 Å². The first kappa shape index (κ1) is 16.7. The van der Waals surface area contributed by atoms with E-state index in [4.69, 9.17) is 19.9 Å². The molecular weight excluding hydrogens is 290 g/mol. The van der Waals surface area contributed by atoms with Gasteiger partial charge in [-0.3, -0.25) is 0 Å². The highest BCUT2D eigenvalue weighted by molar-refractivity contribution is 5.89. The molecule has 0 aromatic heterocycles. The maximum absolute atomic E-state index is 11.6. The lowest BCUT2D eigenvalue weighted by molar-refractivity contribution is -0.237. The highest BCUT2D eigenvalue weighted by atomic mass is 16.7. The Kier molecular flexibility index (Phi) is 4.72. The number of hydrogen-bond donors (Lipinski definition) is 2. The van der Waals surface area contributed by atoms with Crippen molar-refractivity contribution in [3.8, 4) is 5.75 Å². The Balaban J connectivity index is 2.44. The van der Waals surface area contributed by atoms with Crippen LogP contribution < -0.4 is 10.5 Å². The Morgan fingerprint density at radius 2 is 2.00 bits per heavy atom. The summed E-state index contributed by atoms with van der Waals surface area (Å²) in [6, 6.07) is 3.99. The zero-order valence-corrected chi connectivity index (χ0v) is 13.0. The van der Waals surface area contributed by atoms with Gasteiger partial charge in [-0.2, -0.15) is 0 Å². The number of aliphatic hydroxyl groups is 1.